The summed E-state index contributed by atoms with van der Waals surface area (Å²) < 4.78 is 26.4. The Morgan fingerprint density at radius 3 is 1.54 bits per heavy atom. The molecule has 0 bridgehead atoms. The predicted molar refractivity (Wildman–Crippen MR) is 230 cm³/mol. The molecule has 0 fully saturated rings. The highest BCUT2D eigenvalue weighted by molar-refractivity contribution is 7.46. The van der Waals surface area contributed by atoms with Crippen molar-refractivity contribution in [3.05, 3.63) is 24.3 Å². The average Bonchev–Trinajstić information content (AvgIpc) is 3.16. The lowest BCUT2D eigenvalue weighted by Gasteiger charge is -2.18. The number of ketones is 1. The lowest BCUT2D eigenvalue weighted by atomic mass is 9.99. The lowest BCUT2D eigenvalue weighted by Crippen LogP contribution is -2.29. The number of allylic oxidation sites excluding steroid dienone is 4. The van der Waals surface area contributed by atoms with Crippen LogP contribution < -0.4 is 0 Å². The van der Waals surface area contributed by atoms with E-state index in [1.54, 1.807) is 6.08 Å². The number of phosphoric acid groups is 1. The zero-order chi connectivity index (χ0) is 41.4. The quantitative estimate of drug-likeness (QED) is 0.0203. The van der Waals surface area contributed by atoms with E-state index in [0.29, 0.717) is 19.3 Å². The number of esters is 2. The maximum atomic E-state index is 12.4. The fourth-order valence-corrected chi connectivity index (χ4v) is 6.99. The Morgan fingerprint density at radius 2 is 1.04 bits per heavy atom. The second-order valence-corrected chi connectivity index (χ2v) is 17.3. The molecule has 0 aliphatic carbocycles. The fraction of sp³-hybridized carbons (Fsp3) is 0.848. The molecule has 0 saturated heterocycles. The third-order valence-corrected chi connectivity index (χ3v) is 11.0. The number of carbonyl (C=O) groups excluding carboxylic acids is 3. The van der Waals surface area contributed by atoms with Crippen molar-refractivity contribution in [2.24, 2.45) is 5.92 Å². The Bertz CT molecular complexity index is 1040. The van der Waals surface area contributed by atoms with Gasteiger partial charge in [-0.2, -0.15) is 0 Å². The zero-order valence-corrected chi connectivity index (χ0v) is 37.1. The van der Waals surface area contributed by atoms with Gasteiger partial charge in [-0.15, -0.1) is 0 Å². The Labute approximate surface area is 343 Å². The summed E-state index contributed by atoms with van der Waals surface area (Å²) in [6, 6.07) is 0. The second-order valence-electron chi connectivity index (χ2n) is 16.0. The van der Waals surface area contributed by atoms with Gasteiger partial charge < -0.3 is 19.3 Å². The first kappa shape index (κ1) is 54.2. The molecule has 10 heteroatoms. The zero-order valence-electron chi connectivity index (χ0n) is 36.2. The SMILES string of the molecule is CCCCCC(=O)/C=C/C=C\CCCCCCCC(=O)OC[C@H](COP(=O)(O)O)OC(=O)CCCCCCCCCCCCCCCCCCCCC(C)CC. The van der Waals surface area contributed by atoms with Gasteiger partial charge in [0.2, 0.25) is 0 Å². The molecule has 2 atom stereocenters. The van der Waals surface area contributed by atoms with Gasteiger partial charge in [0.1, 0.15) is 6.61 Å². The topological polar surface area (TPSA) is 136 Å². The number of hydrogen-bond donors (Lipinski definition) is 2. The third-order valence-electron chi connectivity index (χ3n) is 10.5. The molecular formula is C46H85O9P. The summed E-state index contributed by atoms with van der Waals surface area (Å²) in [6.07, 6.45) is 41.6. The van der Waals surface area contributed by atoms with Gasteiger partial charge in [-0.05, 0) is 44.1 Å². The van der Waals surface area contributed by atoms with Crippen LogP contribution in [0.4, 0.5) is 0 Å². The van der Waals surface area contributed by atoms with E-state index in [9.17, 15) is 18.9 Å². The summed E-state index contributed by atoms with van der Waals surface area (Å²) in [4.78, 5) is 54.6. The van der Waals surface area contributed by atoms with E-state index in [4.69, 9.17) is 19.3 Å². The van der Waals surface area contributed by atoms with Crippen LogP contribution >= 0.6 is 7.82 Å². The summed E-state index contributed by atoms with van der Waals surface area (Å²) in [6.45, 7) is 5.92. The molecule has 2 N–H and O–H groups in total. The van der Waals surface area contributed by atoms with E-state index in [-0.39, 0.29) is 25.2 Å². The smallest absolute Gasteiger partial charge is 0.462 e. The molecule has 0 aromatic carbocycles. The third kappa shape index (κ3) is 41.8. The van der Waals surface area contributed by atoms with Crippen molar-refractivity contribution >= 4 is 25.5 Å². The van der Waals surface area contributed by atoms with Gasteiger partial charge in [-0.1, -0.05) is 193 Å². The summed E-state index contributed by atoms with van der Waals surface area (Å²) in [5, 5.41) is 0. The van der Waals surface area contributed by atoms with Crippen LogP contribution in [0.3, 0.4) is 0 Å². The van der Waals surface area contributed by atoms with Gasteiger partial charge in [0.15, 0.2) is 11.9 Å². The highest BCUT2D eigenvalue weighted by Crippen LogP contribution is 2.36. The maximum Gasteiger partial charge on any atom is 0.469 e. The molecule has 0 spiro atoms. The first-order valence-electron chi connectivity index (χ1n) is 23.0. The normalized spacial score (nSPS) is 13.1. The molecule has 56 heavy (non-hydrogen) atoms. The van der Waals surface area contributed by atoms with Crippen molar-refractivity contribution in [3.8, 4) is 0 Å². The minimum atomic E-state index is -4.77. The number of unbranched alkanes of at least 4 members (excludes halogenated alkanes) is 24. The Kier molecular flexibility index (Phi) is 38.7. The molecule has 0 aliphatic heterocycles. The van der Waals surface area contributed by atoms with Gasteiger partial charge in [0, 0.05) is 19.3 Å². The molecule has 0 rings (SSSR count). The van der Waals surface area contributed by atoms with Crippen LogP contribution in [0.1, 0.15) is 226 Å². The lowest BCUT2D eigenvalue weighted by molar-refractivity contribution is -0.161. The molecule has 0 aromatic rings. The molecule has 0 saturated carbocycles. The van der Waals surface area contributed by atoms with Crippen LogP contribution in [0.5, 0.6) is 0 Å². The molecule has 0 amide bonds. The molecule has 9 nitrogen and oxygen atoms in total. The van der Waals surface area contributed by atoms with Gasteiger partial charge >= 0.3 is 19.8 Å². The van der Waals surface area contributed by atoms with Crippen LogP contribution in [0.25, 0.3) is 0 Å². The molecule has 0 heterocycles. The molecule has 0 aliphatic rings. The minimum Gasteiger partial charge on any atom is -0.462 e. The summed E-state index contributed by atoms with van der Waals surface area (Å²) in [7, 11) is -4.77. The Balaban J connectivity index is 3.88. The highest BCUT2D eigenvalue weighted by atomic mass is 31.2. The van der Waals surface area contributed by atoms with Crippen molar-refractivity contribution in [1.82, 2.24) is 0 Å². The van der Waals surface area contributed by atoms with Crippen molar-refractivity contribution < 1.29 is 42.7 Å². The van der Waals surface area contributed by atoms with Crippen LogP contribution in [0.15, 0.2) is 24.3 Å². The first-order chi connectivity index (χ1) is 27.1. The van der Waals surface area contributed by atoms with E-state index >= 15 is 0 Å². The predicted octanol–water partition coefficient (Wildman–Crippen LogP) is 13.4. The average molecular weight is 813 g/mol. The fourth-order valence-electron chi connectivity index (χ4n) is 6.63. The van der Waals surface area contributed by atoms with E-state index in [1.807, 2.05) is 12.2 Å². The number of ether oxygens (including phenoxy) is 2. The number of phosphoric ester groups is 1. The van der Waals surface area contributed by atoms with Gasteiger partial charge in [-0.3, -0.25) is 18.9 Å². The Hall–Kier alpha value is -1.80. The van der Waals surface area contributed by atoms with Crippen LogP contribution in [0, 0.1) is 5.92 Å². The maximum absolute atomic E-state index is 12.4. The Morgan fingerprint density at radius 1 is 0.571 bits per heavy atom. The standard InChI is InChI=1S/C46H85O9P/c1-4-6-30-36-43(47)37-32-27-23-19-17-21-24-28-33-38-45(48)53-40-44(41-54-56(50,51)52)55-46(49)39-34-29-25-20-16-14-12-10-8-7-9-11-13-15-18-22-26-31-35-42(3)5-2/h23,27,32,37,42,44H,4-22,24-26,28-31,33-36,38-41H2,1-3H3,(H2,50,51,52)/b27-23-,37-32+/t42?,44-/m1/s1. The number of rotatable bonds is 42. The van der Waals surface area contributed by atoms with Crippen molar-refractivity contribution in [2.45, 2.75) is 232 Å². The monoisotopic (exact) mass is 813 g/mol. The number of carbonyl (C=O) groups is 3. The van der Waals surface area contributed by atoms with E-state index in [1.165, 1.54) is 103 Å². The molecule has 328 valence electrons. The van der Waals surface area contributed by atoms with Crippen molar-refractivity contribution in [2.75, 3.05) is 13.2 Å². The van der Waals surface area contributed by atoms with Crippen LogP contribution in [0.2, 0.25) is 0 Å². The van der Waals surface area contributed by atoms with Crippen molar-refractivity contribution in [1.29, 1.82) is 0 Å². The van der Waals surface area contributed by atoms with E-state index < -0.39 is 32.5 Å². The van der Waals surface area contributed by atoms with Gasteiger partial charge in [0.05, 0.1) is 6.61 Å². The van der Waals surface area contributed by atoms with Crippen LogP contribution in [-0.2, 0) is 32.9 Å². The van der Waals surface area contributed by atoms with E-state index in [0.717, 1.165) is 76.5 Å². The van der Waals surface area contributed by atoms with Crippen LogP contribution in [-0.4, -0.2) is 46.8 Å². The molecule has 0 radical (unpaired) electrons. The molecule has 1 unspecified atom stereocenters. The first-order valence-corrected chi connectivity index (χ1v) is 24.5. The number of hydrogen-bond acceptors (Lipinski definition) is 7. The summed E-state index contributed by atoms with van der Waals surface area (Å²) >= 11 is 0. The summed E-state index contributed by atoms with van der Waals surface area (Å²) in [5.74, 6) is 0.135. The van der Waals surface area contributed by atoms with Crippen molar-refractivity contribution in [3.63, 3.8) is 0 Å². The second kappa shape index (κ2) is 40.0. The van der Waals surface area contributed by atoms with E-state index in [2.05, 4.69) is 31.4 Å². The largest absolute Gasteiger partial charge is 0.469 e. The molecular weight excluding hydrogens is 727 g/mol. The van der Waals surface area contributed by atoms with Gasteiger partial charge in [-0.25, -0.2) is 4.57 Å². The minimum absolute atomic E-state index is 0.175. The van der Waals surface area contributed by atoms with Gasteiger partial charge in [0.25, 0.3) is 0 Å². The molecule has 0 aromatic heterocycles. The highest BCUT2D eigenvalue weighted by Gasteiger charge is 2.23. The summed E-state index contributed by atoms with van der Waals surface area (Å²) in [5.41, 5.74) is 0.